The van der Waals surface area contributed by atoms with E-state index in [0.717, 1.165) is 12.8 Å². The molecule has 0 heterocycles. The van der Waals surface area contributed by atoms with E-state index in [2.05, 4.69) is 19.2 Å². The number of nitrogens with one attached hydrogen (secondary N) is 1. The number of carboxylic acids is 1. The topological polar surface area (TPSA) is 105 Å². The quantitative estimate of drug-likeness (QED) is 0.380. The third-order valence-electron chi connectivity index (χ3n) is 3.57. The summed E-state index contributed by atoms with van der Waals surface area (Å²) < 4.78 is 10.4. The number of hydrogen-bond acceptors (Lipinski definition) is 5. The fraction of sp³-hybridized carbons (Fsp3) is 0.789. The molecule has 1 amide bonds. The van der Waals surface area contributed by atoms with Crippen LogP contribution in [0.1, 0.15) is 54.4 Å². The van der Waals surface area contributed by atoms with Crippen LogP contribution in [0.3, 0.4) is 0 Å². The van der Waals surface area contributed by atoms with E-state index >= 15 is 0 Å². The average Bonchev–Trinajstić information content (AvgIpc) is 2.45. The van der Waals surface area contributed by atoms with Gasteiger partial charge in [0.25, 0.3) is 0 Å². The van der Waals surface area contributed by atoms with Crippen molar-refractivity contribution < 1.29 is 29.3 Å². The first-order valence-electron chi connectivity index (χ1n) is 9.07. The molecule has 3 atom stereocenters. The molecule has 7 heteroatoms. The molecular weight excluding hydrogens is 338 g/mol. The van der Waals surface area contributed by atoms with Crippen molar-refractivity contribution in [3.63, 3.8) is 0 Å². The van der Waals surface area contributed by atoms with Crippen molar-refractivity contribution in [2.45, 2.75) is 72.1 Å². The van der Waals surface area contributed by atoms with Gasteiger partial charge in [-0.3, -0.25) is 0 Å². The number of alkyl carbamates (subject to hydrolysis) is 1. The number of hydrogen-bond donors (Lipinski definition) is 3. The number of carbonyl (C=O) groups excluding carboxylic acids is 1. The molecule has 0 rings (SSSR count). The lowest BCUT2D eigenvalue weighted by atomic mass is 9.93. The van der Waals surface area contributed by atoms with Gasteiger partial charge in [0, 0.05) is 5.92 Å². The van der Waals surface area contributed by atoms with E-state index in [4.69, 9.17) is 14.6 Å². The molecule has 0 aromatic carbocycles. The van der Waals surface area contributed by atoms with Crippen LogP contribution < -0.4 is 5.32 Å². The predicted molar refractivity (Wildman–Crippen MR) is 100.0 cm³/mol. The Morgan fingerprint density at radius 3 is 2.23 bits per heavy atom. The molecule has 152 valence electrons. The molecule has 0 aromatic heterocycles. The molecule has 26 heavy (non-hydrogen) atoms. The zero-order chi connectivity index (χ0) is 20.3. The summed E-state index contributed by atoms with van der Waals surface area (Å²) in [6.45, 7) is 11.1. The molecular formula is C19H35NO6. The van der Waals surface area contributed by atoms with Crippen LogP contribution in [0.25, 0.3) is 0 Å². The summed E-state index contributed by atoms with van der Waals surface area (Å²) in [5.74, 6) is -0.592. The fourth-order valence-corrected chi connectivity index (χ4v) is 2.13. The van der Waals surface area contributed by atoms with Gasteiger partial charge in [-0.05, 0) is 40.0 Å². The number of rotatable bonds is 11. The molecule has 0 aliphatic carbocycles. The highest BCUT2D eigenvalue weighted by Gasteiger charge is 2.24. The normalized spacial score (nSPS) is 15.7. The highest BCUT2D eigenvalue weighted by atomic mass is 16.6. The number of carboxylic acid groups (broad SMARTS) is 1. The molecule has 0 saturated carbocycles. The van der Waals surface area contributed by atoms with Crippen LogP contribution in [-0.2, 0) is 14.3 Å². The summed E-state index contributed by atoms with van der Waals surface area (Å²) in [5.41, 5.74) is -0.706. The van der Waals surface area contributed by atoms with Gasteiger partial charge in [-0.1, -0.05) is 32.4 Å². The largest absolute Gasteiger partial charge is 0.480 e. The Hall–Kier alpha value is -1.60. The highest BCUT2D eigenvalue weighted by Crippen LogP contribution is 2.17. The summed E-state index contributed by atoms with van der Waals surface area (Å²) in [4.78, 5) is 22.9. The first-order valence-corrected chi connectivity index (χ1v) is 9.07. The molecule has 0 spiro atoms. The van der Waals surface area contributed by atoms with Gasteiger partial charge in [0.15, 0.2) is 6.04 Å². The van der Waals surface area contributed by atoms with Crippen LogP contribution in [-0.4, -0.2) is 53.2 Å². The summed E-state index contributed by atoms with van der Waals surface area (Å²) in [6, 6.07) is -1.19. The Balaban J connectivity index is 4.37. The van der Waals surface area contributed by atoms with E-state index in [-0.39, 0.29) is 19.1 Å². The van der Waals surface area contributed by atoms with Crippen molar-refractivity contribution in [1.29, 1.82) is 0 Å². The molecule has 0 bridgehead atoms. The van der Waals surface area contributed by atoms with E-state index in [0.29, 0.717) is 5.92 Å². The van der Waals surface area contributed by atoms with E-state index in [9.17, 15) is 14.7 Å². The van der Waals surface area contributed by atoms with Crippen molar-refractivity contribution in [1.82, 2.24) is 5.32 Å². The summed E-state index contributed by atoms with van der Waals surface area (Å²) in [5, 5.41) is 21.2. The second kappa shape index (κ2) is 11.9. The number of aliphatic hydroxyl groups excluding tert-OH is 1. The minimum Gasteiger partial charge on any atom is -0.480 e. The number of carbonyl (C=O) groups is 2. The van der Waals surface area contributed by atoms with E-state index in [1.807, 2.05) is 6.08 Å². The van der Waals surface area contributed by atoms with Crippen molar-refractivity contribution in [3.8, 4) is 0 Å². The highest BCUT2D eigenvalue weighted by molar-refractivity contribution is 5.80. The van der Waals surface area contributed by atoms with Crippen molar-refractivity contribution in [3.05, 3.63) is 12.2 Å². The van der Waals surface area contributed by atoms with Gasteiger partial charge in [-0.25, -0.2) is 9.59 Å². The van der Waals surface area contributed by atoms with Gasteiger partial charge in [0.05, 0.1) is 19.3 Å². The van der Waals surface area contributed by atoms with Crippen LogP contribution in [0.5, 0.6) is 0 Å². The Kier molecular flexibility index (Phi) is 11.2. The molecule has 0 fully saturated rings. The number of aliphatic carboxylic acids is 1. The molecule has 7 nitrogen and oxygen atoms in total. The standard InChI is InChI=1S/C19H35NO6/c1-13(2)9-10-15(14(3)21)8-7-11-25-12-16(17(22)23)20-18(24)26-19(4,5)6/h7-8,13-16,21H,9-12H2,1-6H3,(H,20,24)(H,22,23)/b8-7+/t14-,15-,16?/m0/s1. The van der Waals surface area contributed by atoms with Crippen LogP contribution in [0.2, 0.25) is 0 Å². The Labute approximate surface area is 156 Å². The molecule has 0 radical (unpaired) electrons. The van der Waals surface area contributed by atoms with Crippen LogP contribution >= 0.6 is 0 Å². The molecule has 0 saturated heterocycles. The zero-order valence-electron chi connectivity index (χ0n) is 16.8. The lowest BCUT2D eigenvalue weighted by Crippen LogP contribution is -2.46. The lowest BCUT2D eigenvalue weighted by molar-refractivity contribution is -0.141. The van der Waals surface area contributed by atoms with Gasteiger partial charge in [-0.15, -0.1) is 0 Å². The van der Waals surface area contributed by atoms with E-state index < -0.39 is 29.8 Å². The molecule has 0 aromatic rings. The first-order chi connectivity index (χ1) is 11.9. The van der Waals surface area contributed by atoms with E-state index in [1.165, 1.54) is 0 Å². The minimum atomic E-state index is -1.20. The summed E-state index contributed by atoms with van der Waals surface area (Å²) in [7, 11) is 0. The maximum Gasteiger partial charge on any atom is 0.408 e. The Morgan fingerprint density at radius 2 is 1.77 bits per heavy atom. The predicted octanol–water partition coefficient (Wildman–Crippen LogP) is 2.97. The van der Waals surface area contributed by atoms with Gasteiger partial charge in [-0.2, -0.15) is 0 Å². The molecule has 0 aliphatic heterocycles. The second-order valence-corrected chi connectivity index (χ2v) is 7.88. The van der Waals surface area contributed by atoms with Gasteiger partial charge >= 0.3 is 12.1 Å². The van der Waals surface area contributed by atoms with Gasteiger partial charge in [0.1, 0.15) is 5.60 Å². The summed E-state index contributed by atoms with van der Waals surface area (Å²) in [6.07, 6.45) is 4.30. The fourth-order valence-electron chi connectivity index (χ4n) is 2.13. The lowest BCUT2D eigenvalue weighted by Gasteiger charge is -2.21. The SMILES string of the molecule is CC(C)CC[C@H](/C=C/COCC(NC(=O)OC(C)(C)C)C(=O)O)[C@H](C)O. The Morgan fingerprint density at radius 1 is 1.15 bits per heavy atom. The molecule has 1 unspecified atom stereocenters. The van der Waals surface area contributed by atoms with Gasteiger partial charge in [0.2, 0.25) is 0 Å². The second-order valence-electron chi connectivity index (χ2n) is 7.88. The first kappa shape index (κ1) is 24.4. The third kappa shape index (κ3) is 12.7. The zero-order valence-corrected chi connectivity index (χ0v) is 16.8. The maximum absolute atomic E-state index is 11.7. The van der Waals surface area contributed by atoms with Crippen molar-refractivity contribution in [2.24, 2.45) is 11.8 Å². The smallest absolute Gasteiger partial charge is 0.408 e. The number of ether oxygens (including phenoxy) is 2. The molecule has 3 N–H and O–H groups in total. The molecule has 0 aliphatic rings. The van der Waals surface area contributed by atoms with Crippen LogP contribution in [0.15, 0.2) is 12.2 Å². The monoisotopic (exact) mass is 373 g/mol. The van der Waals surface area contributed by atoms with Crippen LogP contribution in [0, 0.1) is 11.8 Å². The van der Waals surface area contributed by atoms with Crippen molar-refractivity contribution in [2.75, 3.05) is 13.2 Å². The van der Waals surface area contributed by atoms with E-state index in [1.54, 1.807) is 33.8 Å². The van der Waals surface area contributed by atoms with Crippen LogP contribution in [0.4, 0.5) is 4.79 Å². The third-order valence-corrected chi connectivity index (χ3v) is 3.57. The number of amides is 1. The maximum atomic E-state index is 11.7. The Bertz CT molecular complexity index is 453. The number of aliphatic hydroxyl groups is 1. The minimum absolute atomic E-state index is 0.0381. The van der Waals surface area contributed by atoms with Crippen molar-refractivity contribution >= 4 is 12.1 Å². The summed E-state index contributed by atoms with van der Waals surface area (Å²) >= 11 is 0. The average molecular weight is 373 g/mol. The van der Waals surface area contributed by atoms with Gasteiger partial charge < -0.3 is 25.0 Å².